The Morgan fingerprint density at radius 3 is 2.80 bits per heavy atom. The molecule has 4 rings (SSSR count). The Balaban J connectivity index is 1.56. The molecule has 1 aliphatic heterocycles. The van der Waals surface area contributed by atoms with E-state index >= 15 is 0 Å². The van der Waals surface area contributed by atoms with Gasteiger partial charge in [0.25, 0.3) is 11.8 Å². The fourth-order valence-corrected chi connectivity index (χ4v) is 3.69. The van der Waals surface area contributed by atoms with Crippen LogP contribution in [0.25, 0.3) is 10.9 Å². The molecule has 1 unspecified atom stereocenters. The van der Waals surface area contributed by atoms with Gasteiger partial charge < -0.3 is 20.6 Å². The fraction of sp³-hybridized carbons (Fsp3) is 0.263. The second-order valence-corrected chi connectivity index (χ2v) is 6.55. The van der Waals surface area contributed by atoms with Crippen LogP contribution < -0.4 is 5.73 Å². The molecule has 2 amide bonds. The molecule has 4 N–H and O–H groups in total. The third-order valence-electron chi connectivity index (χ3n) is 4.97. The van der Waals surface area contributed by atoms with Gasteiger partial charge in [0.15, 0.2) is 0 Å². The van der Waals surface area contributed by atoms with E-state index in [4.69, 9.17) is 5.73 Å². The van der Waals surface area contributed by atoms with Gasteiger partial charge in [0.1, 0.15) is 5.69 Å². The van der Waals surface area contributed by atoms with Gasteiger partial charge in [-0.2, -0.15) is 0 Å². The van der Waals surface area contributed by atoms with Crippen molar-refractivity contribution < 1.29 is 9.59 Å². The molecule has 1 saturated heterocycles. The summed E-state index contributed by atoms with van der Waals surface area (Å²) in [6.07, 6.45) is 5.64. The number of nitrogens with one attached hydrogen (secondary N) is 2. The zero-order valence-electron chi connectivity index (χ0n) is 13.8. The second kappa shape index (κ2) is 6.12. The number of H-pyrrole nitrogens is 2. The highest BCUT2D eigenvalue weighted by Crippen LogP contribution is 2.32. The molecule has 6 nitrogen and oxygen atoms in total. The monoisotopic (exact) mass is 336 g/mol. The number of nitrogens with two attached hydrogens (primary N) is 1. The maximum absolute atomic E-state index is 12.8. The van der Waals surface area contributed by atoms with Crippen LogP contribution in [0.3, 0.4) is 0 Å². The van der Waals surface area contributed by atoms with Gasteiger partial charge >= 0.3 is 0 Å². The summed E-state index contributed by atoms with van der Waals surface area (Å²) in [6, 6.07) is 9.76. The highest BCUT2D eigenvalue weighted by atomic mass is 16.2. The van der Waals surface area contributed by atoms with Gasteiger partial charge in [-0.1, -0.05) is 18.2 Å². The molecular weight excluding hydrogens is 316 g/mol. The number of hydrogen-bond acceptors (Lipinski definition) is 2. The van der Waals surface area contributed by atoms with Crippen LogP contribution in [-0.4, -0.2) is 39.8 Å². The van der Waals surface area contributed by atoms with Gasteiger partial charge in [-0.05, 0) is 30.5 Å². The number of amides is 2. The van der Waals surface area contributed by atoms with Crippen LogP contribution in [0.2, 0.25) is 0 Å². The summed E-state index contributed by atoms with van der Waals surface area (Å²) in [4.78, 5) is 31.9. The predicted octanol–water partition coefficient (Wildman–Crippen LogP) is 2.61. The Hall–Kier alpha value is -3.02. The lowest BCUT2D eigenvalue weighted by Crippen LogP contribution is -2.38. The van der Waals surface area contributed by atoms with Gasteiger partial charge in [-0.25, -0.2) is 0 Å². The van der Waals surface area contributed by atoms with Crippen LogP contribution in [-0.2, 0) is 0 Å². The van der Waals surface area contributed by atoms with E-state index in [9.17, 15) is 9.59 Å². The lowest BCUT2D eigenvalue weighted by atomic mass is 9.90. The van der Waals surface area contributed by atoms with Gasteiger partial charge in [0, 0.05) is 42.3 Å². The van der Waals surface area contributed by atoms with E-state index in [0.29, 0.717) is 18.0 Å². The highest BCUT2D eigenvalue weighted by Gasteiger charge is 2.27. The molecule has 1 fully saturated rings. The molecule has 3 aromatic rings. The lowest BCUT2D eigenvalue weighted by molar-refractivity contribution is 0.0707. The minimum absolute atomic E-state index is 0.0618. The number of rotatable bonds is 3. The van der Waals surface area contributed by atoms with E-state index < -0.39 is 5.91 Å². The van der Waals surface area contributed by atoms with Crippen LogP contribution in [0.4, 0.5) is 0 Å². The van der Waals surface area contributed by atoms with Gasteiger partial charge in [-0.3, -0.25) is 9.59 Å². The van der Waals surface area contributed by atoms with E-state index in [1.54, 1.807) is 6.20 Å². The smallest absolute Gasteiger partial charge is 0.265 e. The molecule has 1 aromatic carbocycles. The Morgan fingerprint density at radius 2 is 2.00 bits per heavy atom. The lowest BCUT2D eigenvalue weighted by Gasteiger charge is -2.32. The number of nitrogens with zero attached hydrogens (tertiary/aromatic N) is 1. The third-order valence-corrected chi connectivity index (χ3v) is 4.97. The Labute approximate surface area is 145 Å². The standard InChI is InChI=1S/C19H20N4O2/c20-18(24)17-8-13(9-21-17)19(25)23-7-3-4-12(11-23)15-10-22-16-6-2-1-5-14(15)16/h1-2,5-6,8-10,12,21-22H,3-4,7,11H2,(H2,20,24). The number of primary amides is 1. The van der Waals surface area contributed by atoms with Crippen molar-refractivity contribution in [2.24, 2.45) is 5.73 Å². The maximum atomic E-state index is 12.8. The zero-order chi connectivity index (χ0) is 17.4. The number of hydrogen-bond donors (Lipinski definition) is 3. The quantitative estimate of drug-likeness (QED) is 0.685. The van der Waals surface area contributed by atoms with Gasteiger partial charge in [0.05, 0.1) is 5.56 Å². The summed E-state index contributed by atoms with van der Waals surface area (Å²) in [5.74, 6) is -0.314. The molecule has 0 radical (unpaired) electrons. The van der Waals surface area contributed by atoms with Crippen molar-refractivity contribution in [2.45, 2.75) is 18.8 Å². The van der Waals surface area contributed by atoms with Crippen molar-refractivity contribution in [3.8, 4) is 0 Å². The first-order chi connectivity index (χ1) is 12.1. The summed E-state index contributed by atoms with van der Waals surface area (Å²) in [7, 11) is 0. The summed E-state index contributed by atoms with van der Waals surface area (Å²) < 4.78 is 0. The summed E-state index contributed by atoms with van der Waals surface area (Å²) in [5.41, 5.74) is 8.37. The summed E-state index contributed by atoms with van der Waals surface area (Å²) in [5, 5.41) is 1.22. The average Bonchev–Trinajstić information content (AvgIpc) is 3.28. The molecule has 2 aromatic heterocycles. The molecule has 0 bridgehead atoms. The van der Waals surface area contributed by atoms with Crippen LogP contribution in [0.1, 0.15) is 45.2 Å². The number of carbonyl (C=O) groups is 2. The van der Waals surface area contributed by atoms with Crippen molar-refractivity contribution in [3.05, 3.63) is 59.5 Å². The van der Waals surface area contributed by atoms with E-state index in [1.807, 2.05) is 17.0 Å². The molecule has 0 aliphatic carbocycles. The van der Waals surface area contributed by atoms with Crippen molar-refractivity contribution in [1.29, 1.82) is 0 Å². The number of aromatic nitrogens is 2. The molecule has 1 aliphatic rings. The summed E-state index contributed by atoms with van der Waals surface area (Å²) in [6.45, 7) is 1.41. The topological polar surface area (TPSA) is 95.0 Å². The number of carbonyl (C=O) groups excluding carboxylic acids is 2. The van der Waals surface area contributed by atoms with Crippen LogP contribution in [0, 0.1) is 0 Å². The number of piperidine rings is 1. The second-order valence-electron chi connectivity index (χ2n) is 6.55. The molecule has 25 heavy (non-hydrogen) atoms. The van der Waals surface area contributed by atoms with Crippen molar-refractivity contribution in [3.63, 3.8) is 0 Å². The van der Waals surface area contributed by atoms with E-state index in [-0.39, 0.29) is 11.6 Å². The van der Waals surface area contributed by atoms with Crippen LogP contribution in [0.5, 0.6) is 0 Å². The Bertz CT molecular complexity index is 940. The number of likely N-dealkylation sites (tertiary alicyclic amines) is 1. The normalized spacial score (nSPS) is 17.8. The van der Waals surface area contributed by atoms with Crippen molar-refractivity contribution in [1.82, 2.24) is 14.9 Å². The van der Waals surface area contributed by atoms with Crippen molar-refractivity contribution in [2.75, 3.05) is 13.1 Å². The van der Waals surface area contributed by atoms with Crippen LogP contribution >= 0.6 is 0 Å². The largest absolute Gasteiger partial charge is 0.364 e. The summed E-state index contributed by atoms with van der Waals surface area (Å²) >= 11 is 0. The Kier molecular flexibility index (Phi) is 3.80. The number of fused-ring (bicyclic) bond motifs is 1. The minimum Gasteiger partial charge on any atom is -0.364 e. The molecule has 6 heteroatoms. The average molecular weight is 336 g/mol. The first kappa shape index (κ1) is 15.5. The van der Waals surface area contributed by atoms with E-state index in [0.717, 1.165) is 24.9 Å². The third kappa shape index (κ3) is 2.80. The first-order valence-corrected chi connectivity index (χ1v) is 8.47. The van der Waals surface area contributed by atoms with Gasteiger partial charge in [-0.15, -0.1) is 0 Å². The van der Waals surface area contributed by atoms with Gasteiger partial charge in [0.2, 0.25) is 0 Å². The number of para-hydroxylation sites is 1. The Morgan fingerprint density at radius 1 is 1.16 bits per heavy atom. The van der Waals surface area contributed by atoms with E-state index in [1.165, 1.54) is 17.0 Å². The molecule has 0 saturated carbocycles. The minimum atomic E-state index is -0.561. The predicted molar refractivity (Wildman–Crippen MR) is 95.5 cm³/mol. The molecular formula is C19H20N4O2. The molecule has 0 spiro atoms. The molecule has 128 valence electrons. The number of benzene rings is 1. The first-order valence-electron chi connectivity index (χ1n) is 8.47. The SMILES string of the molecule is NC(=O)c1cc(C(=O)N2CCCC(c3c[nH]c4ccccc34)C2)c[nH]1. The molecule has 1 atom stereocenters. The van der Waals surface area contributed by atoms with Crippen LogP contribution in [0.15, 0.2) is 42.7 Å². The van der Waals surface area contributed by atoms with Crippen molar-refractivity contribution >= 4 is 22.7 Å². The number of aromatic amines is 2. The zero-order valence-corrected chi connectivity index (χ0v) is 13.8. The maximum Gasteiger partial charge on any atom is 0.265 e. The highest BCUT2D eigenvalue weighted by molar-refractivity contribution is 5.98. The fourth-order valence-electron chi connectivity index (χ4n) is 3.69. The van der Waals surface area contributed by atoms with E-state index in [2.05, 4.69) is 28.3 Å². The molecule has 3 heterocycles.